The van der Waals surface area contributed by atoms with Crippen LogP contribution in [0.3, 0.4) is 0 Å². The Hall–Kier alpha value is 1.40. The Morgan fingerprint density at radius 1 is 0.778 bits per heavy atom. The van der Waals surface area contributed by atoms with Gasteiger partial charge in [-0.25, -0.2) is 0 Å². The van der Waals surface area contributed by atoms with Gasteiger partial charge in [0, 0.05) is 0 Å². The zero-order valence-electron chi connectivity index (χ0n) is 4.20. The van der Waals surface area contributed by atoms with Crippen LogP contribution < -0.4 is 0 Å². The first-order valence-electron chi connectivity index (χ1n) is 2.05. The van der Waals surface area contributed by atoms with E-state index >= 15 is 0 Å². The van der Waals surface area contributed by atoms with E-state index in [9.17, 15) is 0 Å². The van der Waals surface area contributed by atoms with Crippen molar-refractivity contribution in [3.8, 4) is 0 Å². The molecule has 0 N–H and O–H groups in total. The fourth-order valence-electron chi connectivity index (χ4n) is 0.391. The summed E-state index contributed by atoms with van der Waals surface area (Å²) in [5.74, 6) is 0. The molecule has 0 spiro atoms. The van der Waals surface area contributed by atoms with Gasteiger partial charge in [0.05, 0.1) is 0 Å². The molecule has 0 saturated heterocycles. The third-order valence-corrected chi connectivity index (χ3v) is 5.99. The van der Waals surface area contributed by atoms with Gasteiger partial charge >= 0.3 is 82.3 Å². The molecule has 0 nitrogen and oxygen atoms in total. The normalized spacial score (nSPS) is 10.2. The summed E-state index contributed by atoms with van der Waals surface area (Å²) in [7, 11) is 0. The monoisotopic (exact) mass is 260 g/mol. The van der Waals surface area contributed by atoms with Gasteiger partial charge in [-0.3, -0.25) is 0 Å². The molecule has 1 heterocycles. The van der Waals surface area contributed by atoms with Crippen molar-refractivity contribution in [1.29, 1.82) is 0 Å². The van der Waals surface area contributed by atoms with E-state index in [1.54, 1.807) is 0 Å². The van der Waals surface area contributed by atoms with E-state index in [1.807, 2.05) is 0 Å². The van der Waals surface area contributed by atoms with E-state index in [4.69, 9.17) is 0 Å². The average molecular weight is 259 g/mol. The van der Waals surface area contributed by atoms with E-state index < -0.39 is 0 Å². The van der Waals surface area contributed by atoms with Crippen LogP contribution in [0.5, 0.6) is 0 Å². The summed E-state index contributed by atoms with van der Waals surface area (Å²) in [4.78, 5) is 1.76. The molecular formula is C4H4S4Se. The van der Waals surface area contributed by atoms with Crippen LogP contribution in [0.25, 0.3) is 0 Å². The first kappa shape index (κ1) is 8.50. The fourth-order valence-corrected chi connectivity index (χ4v) is 4.37. The van der Waals surface area contributed by atoms with E-state index in [0.717, 1.165) is 17.3 Å². The van der Waals surface area contributed by atoms with Crippen molar-refractivity contribution in [2.75, 3.05) is 0 Å². The van der Waals surface area contributed by atoms with Gasteiger partial charge in [0.1, 0.15) is 0 Å². The second-order valence-electron chi connectivity index (χ2n) is 1.41. The zero-order chi connectivity index (χ0) is 7.02. The van der Waals surface area contributed by atoms with Crippen molar-refractivity contribution in [1.82, 2.24) is 0 Å². The predicted octanol–water partition coefficient (Wildman–Crippen LogP) is 1.90. The summed E-state index contributed by atoms with van der Waals surface area (Å²) >= 11 is 17.0. The minimum atomic E-state index is 0.264. The molecule has 1 aromatic heterocycles. The Kier molecular flexibility index (Phi) is 3.02. The summed E-state index contributed by atoms with van der Waals surface area (Å²) < 4.78 is 2.03. The summed E-state index contributed by atoms with van der Waals surface area (Å²) in [6.45, 7) is 0. The van der Waals surface area contributed by atoms with Crippen molar-refractivity contribution in [2.45, 2.75) is 17.3 Å². The standard InChI is InChI=1S/C4H4S4Se/c5-1-2(6)4(8)9-3(1)7/h5-8H. The third-order valence-electron chi connectivity index (χ3n) is 0.823. The van der Waals surface area contributed by atoms with Crippen molar-refractivity contribution in [3.05, 3.63) is 0 Å². The molecule has 0 aliphatic carbocycles. The van der Waals surface area contributed by atoms with Crippen LogP contribution in [0.2, 0.25) is 0 Å². The van der Waals surface area contributed by atoms with Gasteiger partial charge in [0.2, 0.25) is 0 Å². The van der Waals surface area contributed by atoms with Crippen LogP contribution in [-0.2, 0) is 0 Å². The van der Waals surface area contributed by atoms with Gasteiger partial charge in [-0.1, -0.05) is 0 Å². The van der Waals surface area contributed by atoms with Crippen molar-refractivity contribution >= 4 is 65.0 Å². The van der Waals surface area contributed by atoms with E-state index in [1.165, 1.54) is 0 Å². The second kappa shape index (κ2) is 3.20. The molecule has 5 heteroatoms. The molecule has 0 saturated carbocycles. The van der Waals surface area contributed by atoms with Crippen LogP contribution in [0, 0.1) is 0 Å². The summed E-state index contributed by atoms with van der Waals surface area (Å²) in [5, 5.41) is 0. The van der Waals surface area contributed by atoms with Crippen molar-refractivity contribution < 1.29 is 0 Å². The van der Waals surface area contributed by atoms with E-state index in [0.29, 0.717) is 0 Å². The van der Waals surface area contributed by atoms with Gasteiger partial charge in [0.25, 0.3) is 0 Å². The molecule has 1 aromatic rings. The van der Waals surface area contributed by atoms with Crippen LogP contribution in [0.1, 0.15) is 0 Å². The summed E-state index contributed by atoms with van der Waals surface area (Å²) in [6.07, 6.45) is 0. The van der Waals surface area contributed by atoms with Crippen LogP contribution >= 0.6 is 50.5 Å². The predicted molar refractivity (Wildman–Crippen MR) is 52.4 cm³/mol. The van der Waals surface area contributed by atoms with Gasteiger partial charge in [0.15, 0.2) is 0 Å². The van der Waals surface area contributed by atoms with Crippen LogP contribution in [0.15, 0.2) is 17.3 Å². The SMILES string of the molecule is Sc1[se]c(S)c(S)c1S. The molecule has 0 atom stereocenters. The molecule has 1 rings (SSSR count). The first-order chi connectivity index (χ1) is 4.13. The molecule has 0 aliphatic rings. The topological polar surface area (TPSA) is 0 Å². The Morgan fingerprint density at radius 3 is 1.22 bits per heavy atom. The molecule has 0 amide bonds. The van der Waals surface area contributed by atoms with Gasteiger partial charge in [-0.15, -0.1) is 0 Å². The Labute approximate surface area is 81.8 Å². The Bertz CT molecular complexity index is 206. The minimum absolute atomic E-state index is 0.264. The number of thiol groups is 4. The maximum atomic E-state index is 4.20. The molecule has 0 aromatic carbocycles. The second-order valence-corrected chi connectivity index (χ2v) is 6.70. The van der Waals surface area contributed by atoms with E-state index in [-0.39, 0.29) is 14.5 Å². The molecule has 0 radical (unpaired) electrons. The third kappa shape index (κ3) is 1.70. The van der Waals surface area contributed by atoms with Gasteiger partial charge < -0.3 is 0 Å². The van der Waals surface area contributed by atoms with Gasteiger partial charge in [-0.05, 0) is 0 Å². The molecular weight excluding hydrogens is 255 g/mol. The maximum absolute atomic E-state index is 4.20. The number of rotatable bonds is 0. The summed E-state index contributed by atoms with van der Waals surface area (Å²) in [6, 6.07) is 0. The van der Waals surface area contributed by atoms with Crippen molar-refractivity contribution in [2.24, 2.45) is 0 Å². The zero-order valence-corrected chi connectivity index (χ0v) is 9.49. The van der Waals surface area contributed by atoms with Crippen LogP contribution in [0.4, 0.5) is 0 Å². The molecule has 50 valence electrons. The quantitative estimate of drug-likeness (QED) is 0.397. The van der Waals surface area contributed by atoms with E-state index in [2.05, 4.69) is 50.5 Å². The van der Waals surface area contributed by atoms with Crippen molar-refractivity contribution in [3.63, 3.8) is 0 Å². The summed E-state index contributed by atoms with van der Waals surface area (Å²) in [5.41, 5.74) is 0. The molecule has 9 heavy (non-hydrogen) atoms. The number of hydrogen-bond acceptors (Lipinski definition) is 4. The molecule has 0 unspecified atom stereocenters. The molecule has 0 aliphatic heterocycles. The molecule has 0 fully saturated rings. The average Bonchev–Trinajstić information content (AvgIpc) is 1.98. The Balaban J connectivity index is 3.29. The van der Waals surface area contributed by atoms with Gasteiger partial charge in [-0.2, -0.15) is 0 Å². The molecule has 0 bridgehead atoms. The first-order valence-corrected chi connectivity index (χ1v) is 5.55. The Morgan fingerprint density at radius 2 is 1.11 bits per heavy atom. The van der Waals surface area contributed by atoms with Crippen LogP contribution in [-0.4, -0.2) is 14.5 Å². The fraction of sp³-hybridized carbons (Fsp3) is 0. The number of hydrogen-bond donors (Lipinski definition) is 4.